The smallest absolute Gasteiger partial charge is 0.00260 e. The zero-order valence-corrected chi connectivity index (χ0v) is 23.9. The van der Waals surface area contributed by atoms with E-state index < -0.39 is 0 Å². The fourth-order valence-corrected chi connectivity index (χ4v) is 6.85. The molecule has 0 heterocycles. The molecule has 198 valence electrons. The Balaban J connectivity index is 1.65. The van der Waals surface area contributed by atoms with Crippen molar-refractivity contribution in [2.75, 3.05) is 0 Å². The average molecular weight is 535 g/mol. The summed E-state index contributed by atoms with van der Waals surface area (Å²) < 4.78 is 0. The zero-order valence-electron chi connectivity index (χ0n) is 23.9. The molecule has 0 amide bonds. The van der Waals surface area contributed by atoms with E-state index in [0.29, 0.717) is 0 Å². The Morgan fingerprint density at radius 1 is 0.310 bits per heavy atom. The topological polar surface area (TPSA) is 0 Å². The van der Waals surface area contributed by atoms with E-state index in [4.69, 9.17) is 0 Å². The van der Waals surface area contributed by atoms with Gasteiger partial charge in [0.25, 0.3) is 0 Å². The van der Waals surface area contributed by atoms with Crippen molar-refractivity contribution in [3.63, 3.8) is 0 Å². The van der Waals surface area contributed by atoms with E-state index >= 15 is 0 Å². The van der Waals surface area contributed by atoms with Crippen LogP contribution in [0.25, 0.3) is 76.5 Å². The molecule has 0 heteroatoms. The summed E-state index contributed by atoms with van der Waals surface area (Å²) in [6.07, 6.45) is 0. The number of aryl methyl sites for hydroxylation is 2. The molecule has 0 N–H and O–H groups in total. The fraction of sp³-hybridized carbons (Fsp3) is 0.0476. The van der Waals surface area contributed by atoms with E-state index in [2.05, 4.69) is 159 Å². The molecule has 0 nitrogen and oxygen atoms in total. The first-order valence-corrected chi connectivity index (χ1v) is 14.7. The van der Waals surface area contributed by atoms with E-state index in [9.17, 15) is 0 Å². The molecule has 8 aromatic carbocycles. The molecule has 0 spiro atoms. The molecular weight excluding hydrogens is 504 g/mol. The van der Waals surface area contributed by atoms with E-state index in [-0.39, 0.29) is 0 Å². The molecule has 0 unspecified atom stereocenters. The van der Waals surface area contributed by atoms with Crippen molar-refractivity contribution in [2.24, 2.45) is 0 Å². The first kappa shape index (κ1) is 24.6. The Labute approximate surface area is 246 Å². The van der Waals surface area contributed by atoms with Crippen molar-refractivity contribution < 1.29 is 0 Å². The molecule has 0 aliphatic carbocycles. The molecule has 0 aliphatic heterocycles. The Bertz CT molecular complexity index is 2300. The number of hydrogen-bond acceptors (Lipinski definition) is 0. The van der Waals surface area contributed by atoms with Gasteiger partial charge in [0.05, 0.1) is 0 Å². The standard InChI is InChI=1S/C42H30/c1-27-12-10-17-31(22-27)41-34-20-8-9-21-35(34)42(32-18-11-13-28(2)23-32)40-26-38-36(29-14-4-3-5-15-29)24-30-16-6-7-19-33(30)37(38)25-39(40)41/h3-26H,1-2H3. The van der Waals surface area contributed by atoms with E-state index in [1.807, 2.05) is 0 Å². The van der Waals surface area contributed by atoms with Gasteiger partial charge in [0.15, 0.2) is 0 Å². The van der Waals surface area contributed by atoms with Gasteiger partial charge < -0.3 is 0 Å². The van der Waals surface area contributed by atoms with Gasteiger partial charge in [0, 0.05) is 0 Å². The molecule has 0 atom stereocenters. The summed E-state index contributed by atoms with van der Waals surface area (Å²) in [5, 5.41) is 10.3. The molecule has 42 heavy (non-hydrogen) atoms. The predicted octanol–water partition coefficient (Wildman–Crippen LogP) is 11.9. The maximum atomic E-state index is 2.48. The molecule has 0 aliphatic rings. The molecule has 0 fully saturated rings. The van der Waals surface area contributed by atoms with Crippen LogP contribution in [0.2, 0.25) is 0 Å². The second kappa shape index (κ2) is 9.72. The van der Waals surface area contributed by atoms with E-state index in [1.54, 1.807) is 0 Å². The number of rotatable bonds is 3. The van der Waals surface area contributed by atoms with Gasteiger partial charge in [-0.05, 0) is 109 Å². The molecular formula is C42H30. The third-order valence-electron chi connectivity index (χ3n) is 8.70. The minimum absolute atomic E-state index is 1.24. The maximum absolute atomic E-state index is 2.48. The predicted molar refractivity (Wildman–Crippen MR) is 182 cm³/mol. The average Bonchev–Trinajstić information content (AvgIpc) is 3.02. The maximum Gasteiger partial charge on any atom is -0.00260 e. The van der Waals surface area contributed by atoms with Crippen LogP contribution in [0, 0.1) is 13.8 Å². The number of fused-ring (bicyclic) bond motifs is 5. The molecule has 0 radical (unpaired) electrons. The van der Waals surface area contributed by atoms with Gasteiger partial charge in [-0.15, -0.1) is 0 Å². The van der Waals surface area contributed by atoms with Crippen LogP contribution in [-0.2, 0) is 0 Å². The third kappa shape index (κ3) is 3.91. The Morgan fingerprint density at radius 3 is 1.40 bits per heavy atom. The van der Waals surface area contributed by atoms with Gasteiger partial charge in [-0.2, -0.15) is 0 Å². The van der Waals surface area contributed by atoms with Crippen LogP contribution in [0.15, 0.2) is 146 Å². The lowest BCUT2D eigenvalue weighted by atomic mass is 9.83. The molecule has 8 rings (SSSR count). The van der Waals surface area contributed by atoms with Crippen LogP contribution in [-0.4, -0.2) is 0 Å². The monoisotopic (exact) mass is 534 g/mol. The highest BCUT2D eigenvalue weighted by molar-refractivity contribution is 6.26. The summed E-state index contributed by atoms with van der Waals surface area (Å²) >= 11 is 0. The lowest BCUT2D eigenvalue weighted by Crippen LogP contribution is -1.93. The van der Waals surface area contributed by atoms with Gasteiger partial charge in [-0.25, -0.2) is 0 Å². The zero-order chi connectivity index (χ0) is 28.2. The summed E-state index contributed by atoms with van der Waals surface area (Å²) in [6.45, 7) is 4.37. The van der Waals surface area contributed by atoms with Crippen molar-refractivity contribution in [3.05, 3.63) is 157 Å². The second-order valence-corrected chi connectivity index (χ2v) is 11.5. The third-order valence-corrected chi connectivity index (χ3v) is 8.70. The van der Waals surface area contributed by atoms with Crippen LogP contribution in [0.5, 0.6) is 0 Å². The minimum atomic E-state index is 1.24. The van der Waals surface area contributed by atoms with Crippen LogP contribution in [0.4, 0.5) is 0 Å². The van der Waals surface area contributed by atoms with Gasteiger partial charge in [0.1, 0.15) is 0 Å². The molecule has 8 aromatic rings. The van der Waals surface area contributed by atoms with Crippen molar-refractivity contribution in [1.82, 2.24) is 0 Å². The van der Waals surface area contributed by atoms with Gasteiger partial charge in [-0.1, -0.05) is 139 Å². The Morgan fingerprint density at radius 2 is 0.810 bits per heavy atom. The summed E-state index contributed by atoms with van der Waals surface area (Å²) in [4.78, 5) is 0. The Kier molecular flexibility index (Phi) is 5.69. The van der Waals surface area contributed by atoms with Crippen LogP contribution >= 0.6 is 0 Å². The van der Waals surface area contributed by atoms with Crippen LogP contribution < -0.4 is 0 Å². The summed E-state index contributed by atoms with van der Waals surface area (Å²) in [7, 11) is 0. The highest BCUT2D eigenvalue weighted by Gasteiger charge is 2.19. The van der Waals surface area contributed by atoms with Crippen LogP contribution in [0.3, 0.4) is 0 Å². The van der Waals surface area contributed by atoms with Gasteiger partial charge in [-0.3, -0.25) is 0 Å². The van der Waals surface area contributed by atoms with Gasteiger partial charge >= 0.3 is 0 Å². The largest absolute Gasteiger partial charge is 0.0622 e. The van der Waals surface area contributed by atoms with Gasteiger partial charge in [0.2, 0.25) is 0 Å². The fourth-order valence-electron chi connectivity index (χ4n) is 6.85. The normalized spacial score (nSPS) is 11.6. The van der Waals surface area contributed by atoms with Crippen molar-refractivity contribution in [2.45, 2.75) is 13.8 Å². The summed E-state index contributed by atoms with van der Waals surface area (Å²) in [6, 6.07) is 53.9. The van der Waals surface area contributed by atoms with Crippen molar-refractivity contribution >= 4 is 43.1 Å². The number of hydrogen-bond donors (Lipinski definition) is 0. The first-order valence-electron chi connectivity index (χ1n) is 14.7. The van der Waals surface area contributed by atoms with Crippen LogP contribution in [0.1, 0.15) is 11.1 Å². The van der Waals surface area contributed by atoms with Crippen molar-refractivity contribution in [3.8, 4) is 33.4 Å². The lowest BCUT2D eigenvalue weighted by Gasteiger charge is -2.20. The number of benzene rings is 8. The van der Waals surface area contributed by atoms with E-state index in [1.165, 1.54) is 87.6 Å². The lowest BCUT2D eigenvalue weighted by molar-refractivity contribution is 1.47. The highest BCUT2D eigenvalue weighted by atomic mass is 14.2. The van der Waals surface area contributed by atoms with E-state index in [0.717, 1.165) is 0 Å². The molecule has 0 bridgehead atoms. The second-order valence-electron chi connectivity index (χ2n) is 11.5. The summed E-state index contributed by atoms with van der Waals surface area (Å²) in [5.41, 5.74) is 10.2. The molecule has 0 aromatic heterocycles. The Hall–Kier alpha value is -5.20. The quantitative estimate of drug-likeness (QED) is 0.156. The minimum Gasteiger partial charge on any atom is -0.0622 e. The summed E-state index contributed by atoms with van der Waals surface area (Å²) in [5.74, 6) is 0. The molecule has 0 saturated carbocycles. The molecule has 0 saturated heterocycles. The first-order chi connectivity index (χ1) is 20.7. The van der Waals surface area contributed by atoms with Crippen molar-refractivity contribution in [1.29, 1.82) is 0 Å². The highest BCUT2D eigenvalue weighted by Crippen LogP contribution is 2.47. The SMILES string of the molecule is Cc1cccc(-c2c3ccccc3c(-c3cccc(C)c3)c3cc4c(cc23)c(-c2ccccc2)cc2ccccc24)c1.